The van der Waals surface area contributed by atoms with E-state index in [1.165, 1.54) is 0 Å². The standard InChI is InChI=1S/C23H31N3O2/c1-16(2)26-14-11-19(15-26)28-21-6-4-5-18-7-8-20(24-22(18)21)23(27)25-12-9-17(3)10-13-25/h4-8,16-17,19H,9-15H2,1-3H3. The fraction of sp³-hybridized carbons (Fsp3) is 0.565. The van der Waals surface area contributed by atoms with Crippen LogP contribution in [0.3, 0.4) is 0 Å². The quantitative estimate of drug-likeness (QED) is 0.804. The van der Waals surface area contributed by atoms with Crippen molar-refractivity contribution in [2.45, 2.75) is 52.2 Å². The molecule has 1 atom stereocenters. The summed E-state index contributed by atoms with van der Waals surface area (Å²) in [6.07, 6.45) is 3.35. The lowest BCUT2D eigenvalue weighted by Crippen LogP contribution is -2.38. The van der Waals surface area contributed by atoms with Gasteiger partial charge in [0.25, 0.3) is 5.91 Å². The Hall–Kier alpha value is -2.14. The molecule has 4 rings (SSSR count). The van der Waals surface area contributed by atoms with Crippen LogP contribution in [0.2, 0.25) is 0 Å². The van der Waals surface area contributed by atoms with Gasteiger partial charge in [0.1, 0.15) is 23.1 Å². The van der Waals surface area contributed by atoms with Gasteiger partial charge in [-0.15, -0.1) is 0 Å². The van der Waals surface area contributed by atoms with Gasteiger partial charge in [-0.1, -0.05) is 25.1 Å². The van der Waals surface area contributed by atoms with E-state index in [-0.39, 0.29) is 12.0 Å². The van der Waals surface area contributed by atoms with Gasteiger partial charge in [0.05, 0.1) is 0 Å². The molecule has 2 aromatic rings. The Labute approximate surface area is 167 Å². The summed E-state index contributed by atoms with van der Waals surface area (Å²) in [7, 11) is 0. The number of rotatable bonds is 4. The predicted octanol–water partition coefficient (Wildman–Crippen LogP) is 3.97. The molecule has 1 unspecified atom stereocenters. The lowest BCUT2D eigenvalue weighted by molar-refractivity contribution is 0.0691. The van der Waals surface area contributed by atoms with Gasteiger partial charge in [0, 0.05) is 37.6 Å². The summed E-state index contributed by atoms with van der Waals surface area (Å²) in [5.74, 6) is 1.52. The fourth-order valence-electron chi connectivity index (χ4n) is 4.21. The third-order valence-electron chi connectivity index (χ3n) is 6.17. The number of aromatic nitrogens is 1. The van der Waals surface area contributed by atoms with Crippen LogP contribution in [0.1, 0.15) is 50.5 Å². The molecular weight excluding hydrogens is 350 g/mol. The maximum absolute atomic E-state index is 12.9. The Kier molecular flexibility index (Phi) is 5.54. The maximum Gasteiger partial charge on any atom is 0.272 e. The zero-order valence-electron chi connectivity index (χ0n) is 17.2. The number of ether oxygens (including phenoxy) is 1. The highest BCUT2D eigenvalue weighted by Crippen LogP contribution is 2.28. The van der Waals surface area contributed by atoms with E-state index in [0.29, 0.717) is 17.7 Å². The summed E-state index contributed by atoms with van der Waals surface area (Å²) in [6, 6.07) is 10.4. The second-order valence-corrected chi connectivity index (χ2v) is 8.62. The molecule has 150 valence electrons. The minimum Gasteiger partial charge on any atom is -0.487 e. The molecule has 0 aliphatic carbocycles. The number of piperidine rings is 1. The van der Waals surface area contributed by atoms with Gasteiger partial charge in [0.15, 0.2) is 0 Å². The molecule has 2 aliphatic heterocycles. The summed E-state index contributed by atoms with van der Waals surface area (Å²) < 4.78 is 6.33. The monoisotopic (exact) mass is 381 g/mol. The normalized spacial score (nSPS) is 21.6. The number of hydrogen-bond donors (Lipinski definition) is 0. The van der Waals surface area contributed by atoms with E-state index < -0.39 is 0 Å². The summed E-state index contributed by atoms with van der Waals surface area (Å²) >= 11 is 0. The first kappa shape index (κ1) is 19.2. The number of amides is 1. The highest BCUT2D eigenvalue weighted by Gasteiger charge is 2.27. The molecule has 0 radical (unpaired) electrons. The number of hydrogen-bond acceptors (Lipinski definition) is 4. The maximum atomic E-state index is 12.9. The molecule has 2 fully saturated rings. The van der Waals surface area contributed by atoms with Crippen molar-refractivity contribution in [3.05, 3.63) is 36.0 Å². The molecule has 3 heterocycles. The van der Waals surface area contributed by atoms with Crippen molar-refractivity contribution in [1.29, 1.82) is 0 Å². The zero-order chi connectivity index (χ0) is 19.7. The average Bonchev–Trinajstić information content (AvgIpc) is 3.17. The summed E-state index contributed by atoms with van der Waals surface area (Å²) in [4.78, 5) is 22.1. The molecule has 0 bridgehead atoms. The molecule has 1 amide bonds. The highest BCUT2D eigenvalue weighted by atomic mass is 16.5. The number of likely N-dealkylation sites (tertiary alicyclic amines) is 2. The summed E-state index contributed by atoms with van der Waals surface area (Å²) in [5.41, 5.74) is 1.31. The van der Waals surface area contributed by atoms with E-state index in [9.17, 15) is 4.79 Å². The Bertz CT molecular complexity index is 843. The first-order valence-corrected chi connectivity index (χ1v) is 10.6. The van der Waals surface area contributed by atoms with E-state index >= 15 is 0 Å². The number of benzene rings is 1. The Morgan fingerprint density at radius 1 is 1.11 bits per heavy atom. The van der Waals surface area contributed by atoms with Crippen LogP contribution in [0.25, 0.3) is 10.9 Å². The number of para-hydroxylation sites is 1. The number of pyridine rings is 1. The zero-order valence-corrected chi connectivity index (χ0v) is 17.2. The van der Waals surface area contributed by atoms with Gasteiger partial charge in [-0.3, -0.25) is 9.69 Å². The molecule has 5 heteroatoms. The van der Waals surface area contributed by atoms with E-state index in [4.69, 9.17) is 9.72 Å². The van der Waals surface area contributed by atoms with Crippen LogP contribution in [0.5, 0.6) is 5.75 Å². The SMILES string of the molecule is CC1CCN(C(=O)c2ccc3cccc(OC4CCN(C(C)C)C4)c3n2)CC1. The van der Waals surface area contributed by atoms with Crippen LogP contribution in [0, 0.1) is 5.92 Å². The van der Waals surface area contributed by atoms with Crippen LogP contribution in [-0.2, 0) is 0 Å². The van der Waals surface area contributed by atoms with Crippen molar-refractivity contribution in [2.75, 3.05) is 26.2 Å². The van der Waals surface area contributed by atoms with Crippen molar-refractivity contribution in [1.82, 2.24) is 14.8 Å². The van der Waals surface area contributed by atoms with Crippen LogP contribution in [-0.4, -0.2) is 59.0 Å². The number of carbonyl (C=O) groups is 1. The number of nitrogens with zero attached hydrogens (tertiary/aromatic N) is 3. The van der Waals surface area contributed by atoms with Crippen LogP contribution >= 0.6 is 0 Å². The molecule has 1 aromatic heterocycles. The lowest BCUT2D eigenvalue weighted by Gasteiger charge is -2.30. The first-order chi connectivity index (χ1) is 13.5. The summed E-state index contributed by atoms with van der Waals surface area (Å²) in [6.45, 7) is 10.4. The van der Waals surface area contributed by atoms with E-state index in [0.717, 1.165) is 62.1 Å². The molecule has 0 N–H and O–H groups in total. The molecule has 0 saturated carbocycles. The van der Waals surface area contributed by atoms with Crippen molar-refractivity contribution in [3.8, 4) is 5.75 Å². The second kappa shape index (κ2) is 8.08. The Balaban J connectivity index is 1.55. The molecule has 1 aromatic carbocycles. The van der Waals surface area contributed by atoms with Crippen LogP contribution in [0.15, 0.2) is 30.3 Å². The van der Waals surface area contributed by atoms with E-state index in [1.807, 2.05) is 35.2 Å². The lowest BCUT2D eigenvalue weighted by atomic mass is 9.99. The molecule has 0 spiro atoms. The molecular formula is C23H31N3O2. The molecule has 2 saturated heterocycles. The largest absolute Gasteiger partial charge is 0.487 e. The van der Waals surface area contributed by atoms with Crippen LogP contribution in [0.4, 0.5) is 0 Å². The van der Waals surface area contributed by atoms with Gasteiger partial charge in [-0.2, -0.15) is 0 Å². The van der Waals surface area contributed by atoms with Crippen LogP contribution < -0.4 is 4.74 Å². The Morgan fingerprint density at radius 2 is 1.89 bits per heavy atom. The van der Waals surface area contributed by atoms with Gasteiger partial charge in [0.2, 0.25) is 0 Å². The fourth-order valence-corrected chi connectivity index (χ4v) is 4.21. The third-order valence-corrected chi connectivity index (χ3v) is 6.17. The van der Waals surface area contributed by atoms with Crippen molar-refractivity contribution in [2.24, 2.45) is 5.92 Å². The number of fused-ring (bicyclic) bond motifs is 1. The molecule has 2 aliphatic rings. The van der Waals surface area contributed by atoms with Gasteiger partial charge in [-0.25, -0.2) is 4.98 Å². The molecule has 5 nitrogen and oxygen atoms in total. The van der Waals surface area contributed by atoms with Gasteiger partial charge < -0.3 is 9.64 Å². The molecule has 28 heavy (non-hydrogen) atoms. The minimum atomic E-state index is 0.0375. The summed E-state index contributed by atoms with van der Waals surface area (Å²) in [5, 5.41) is 1.01. The highest BCUT2D eigenvalue weighted by molar-refractivity contribution is 5.96. The predicted molar refractivity (Wildman–Crippen MR) is 112 cm³/mol. The smallest absolute Gasteiger partial charge is 0.272 e. The van der Waals surface area contributed by atoms with Crippen molar-refractivity contribution in [3.63, 3.8) is 0 Å². The van der Waals surface area contributed by atoms with E-state index in [2.05, 4.69) is 25.7 Å². The van der Waals surface area contributed by atoms with Gasteiger partial charge >= 0.3 is 0 Å². The van der Waals surface area contributed by atoms with Crippen molar-refractivity contribution < 1.29 is 9.53 Å². The second-order valence-electron chi connectivity index (χ2n) is 8.62. The number of carbonyl (C=O) groups excluding carboxylic acids is 1. The topological polar surface area (TPSA) is 45.7 Å². The van der Waals surface area contributed by atoms with Gasteiger partial charge in [-0.05, 0) is 51.2 Å². The Morgan fingerprint density at radius 3 is 2.61 bits per heavy atom. The van der Waals surface area contributed by atoms with Crippen molar-refractivity contribution >= 4 is 16.8 Å². The average molecular weight is 382 g/mol. The third kappa shape index (κ3) is 4.00. The van der Waals surface area contributed by atoms with E-state index in [1.54, 1.807) is 0 Å². The minimum absolute atomic E-state index is 0.0375. The first-order valence-electron chi connectivity index (χ1n) is 10.6.